The van der Waals surface area contributed by atoms with Crippen LogP contribution in [0.5, 0.6) is 0 Å². The van der Waals surface area contributed by atoms with Crippen molar-refractivity contribution in [3.63, 3.8) is 0 Å². The maximum atomic E-state index is 15.2. The summed E-state index contributed by atoms with van der Waals surface area (Å²) in [7, 11) is -1.38. The van der Waals surface area contributed by atoms with Crippen LogP contribution in [0.25, 0.3) is 22.0 Å². The Morgan fingerprint density at radius 2 is 1.75 bits per heavy atom. The van der Waals surface area contributed by atoms with Crippen LogP contribution in [-0.4, -0.2) is 56.6 Å². The molecule has 0 saturated carbocycles. The first-order valence-electron chi connectivity index (χ1n) is 17.2. The van der Waals surface area contributed by atoms with Crippen LogP contribution in [0.4, 0.5) is 32.2 Å². The van der Waals surface area contributed by atoms with Crippen molar-refractivity contribution in [2.45, 2.75) is 70.1 Å². The smallest absolute Gasteiger partial charge is 0.300 e. The van der Waals surface area contributed by atoms with Gasteiger partial charge in [0.15, 0.2) is 5.82 Å². The van der Waals surface area contributed by atoms with Gasteiger partial charge in [0.1, 0.15) is 40.9 Å². The number of rotatable bonds is 11. The summed E-state index contributed by atoms with van der Waals surface area (Å²) in [6.07, 6.45) is -4.32. The zero-order chi connectivity index (χ0) is 41.8. The Balaban J connectivity index is 1.54. The van der Waals surface area contributed by atoms with Crippen LogP contribution in [0.15, 0.2) is 42.5 Å². The molecule has 12 nitrogen and oxygen atoms in total. The Bertz CT molecular complexity index is 2560. The molecular formula is C37H35ClF6N8O4S. The van der Waals surface area contributed by atoms with Gasteiger partial charge in [0.05, 0.1) is 27.7 Å². The number of aryl methyl sites for hydroxylation is 1. The monoisotopic (exact) mass is 836 g/mol. The number of aliphatic hydroxyl groups is 1. The van der Waals surface area contributed by atoms with Gasteiger partial charge < -0.3 is 10.4 Å². The predicted molar refractivity (Wildman–Crippen MR) is 199 cm³/mol. The Labute approximate surface area is 327 Å². The predicted octanol–water partition coefficient (Wildman–Crippen LogP) is 6.40. The van der Waals surface area contributed by atoms with Crippen LogP contribution >= 0.6 is 11.6 Å². The van der Waals surface area contributed by atoms with Gasteiger partial charge in [-0.3, -0.25) is 18.9 Å². The van der Waals surface area contributed by atoms with Crippen LogP contribution in [0, 0.1) is 23.5 Å². The lowest BCUT2D eigenvalue weighted by Crippen LogP contribution is -2.35. The SMILES string of the molecule is CNS(=O)(=O)Nc1nn(C)c2c(-c3ccc(C#CC(C)(C)O)nc3[C@H](Cc3cc(F)cc(F)c3)NC(=O)Cn3nc(C(F)F)c4c3C(F)(F)C[C@@H]4C)ccc(Cl)c12. The number of aromatic nitrogens is 5. The third-order valence-corrected chi connectivity index (χ3v) is 10.4. The summed E-state index contributed by atoms with van der Waals surface area (Å²) in [6, 6.07) is 7.39. The first-order chi connectivity index (χ1) is 26.6. The van der Waals surface area contributed by atoms with Gasteiger partial charge >= 0.3 is 0 Å². The summed E-state index contributed by atoms with van der Waals surface area (Å²) in [6.45, 7) is 3.28. The Kier molecular flexibility index (Phi) is 11.1. The standard InChI is InChI=1S/C37H35ClF6N8O4S/c1-18-16-37(43,44)33-28(18)31(34(41)42)48-52(33)17-27(53)47-26(14-19-12-20(39)15-21(40)13-19)30-23(7-6-22(46-30)10-11-36(2,3)54)24-8-9-25(38)29-32(24)51(5)49-35(29)50-57(55,56)45-4/h6-9,12-13,15,18,26,34,45,54H,14,16-17H2,1-5H3,(H,47,53)(H,49,50)/t18-,26-/m0/s1. The molecule has 0 bridgehead atoms. The Morgan fingerprint density at radius 1 is 1.09 bits per heavy atom. The van der Waals surface area contributed by atoms with Gasteiger partial charge in [-0.05, 0) is 68.0 Å². The van der Waals surface area contributed by atoms with E-state index in [2.05, 4.69) is 36.8 Å². The summed E-state index contributed by atoms with van der Waals surface area (Å²) in [5.41, 5.74) is -2.52. The zero-order valence-electron chi connectivity index (χ0n) is 30.9. The highest BCUT2D eigenvalue weighted by Crippen LogP contribution is 2.51. The summed E-state index contributed by atoms with van der Waals surface area (Å²) >= 11 is 6.59. The van der Waals surface area contributed by atoms with E-state index in [4.69, 9.17) is 16.6 Å². The lowest BCUT2D eigenvalue weighted by atomic mass is 9.93. The number of benzene rings is 2. The number of halogens is 7. The quantitative estimate of drug-likeness (QED) is 0.0887. The molecule has 302 valence electrons. The number of fused-ring (bicyclic) bond motifs is 2. The molecule has 0 saturated heterocycles. The van der Waals surface area contributed by atoms with Gasteiger partial charge in [0, 0.05) is 43.3 Å². The maximum absolute atomic E-state index is 15.2. The number of hydrogen-bond acceptors (Lipinski definition) is 7. The third-order valence-electron chi connectivity index (χ3n) is 9.10. The number of carbonyl (C=O) groups is 1. The van der Waals surface area contributed by atoms with Gasteiger partial charge in [0.25, 0.3) is 22.6 Å². The number of alkyl halides is 4. The van der Waals surface area contributed by atoms with Crippen molar-refractivity contribution >= 4 is 44.4 Å². The largest absolute Gasteiger partial charge is 0.378 e. The van der Waals surface area contributed by atoms with Crippen molar-refractivity contribution in [2.24, 2.45) is 7.05 Å². The van der Waals surface area contributed by atoms with E-state index in [0.29, 0.717) is 16.3 Å². The molecule has 5 aromatic rings. The molecule has 0 radical (unpaired) electrons. The molecule has 0 fully saturated rings. The van der Waals surface area contributed by atoms with Gasteiger partial charge in [0.2, 0.25) is 5.91 Å². The number of pyridine rings is 1. The number of hydrogen-bond donors (Lipinski definition) is 4. The van der Waals surface area contributed by atoms with Crippen molar-refractivity contribution in [3.8, 4) is 23.0 Å². The number of nitrogens with zero attached hydrogens (tertiary/aromatic N) is 5. The average Bonchev–Trinajstić information content (AvgIpc) is 3.72. The highest BCUT2D eigenvalue weighted by molar-refractivity contribution is 7.90. The van der Waals surface area contributed by atoms with Crippen LogP contribution in [0.3, 0.4) is 0 Å². The molecule has 3 aromatic heterocycles. The fraction of sp³-hybridized carbons (Fsp3) is 0.351. The van der Waals surface area contributed by atoms with Gasteiger partial charge in [-0.25, -0.2) is 27.3 Å². The molecule has 0 aliphatic heterocycles. The van der Waals surface area contributed by atoms with E-state index >= 15 is 8.78 Å². The van der Waals surface area contributed by atoms with Crippen molar-refractivity contribution in [1.82, 2.24) is 34.6 Å². The first kappa shape index (κ1) is 41.5. The normalized spacial score (nSPS) is 15.7. The Hall–Kier alpha value is -5.16. The fourth-order valence-electron chi connectivity index (χ4n) is 6.88. The van der Waals surface area contributed by atoms with Crippen LogP contribution < -0.4 is 14.8 Å². The molecule has 1 amide bonds. The number of carbonyl (C=O) groups excluding carboxylic acids is 1. The number of amides is 1. The van der Waals surface area contributed by atoms with Crippen molar-refractivity contribution in [3.05, 3.63) is 93.0 Å². The molecule has 2 aromatic carbocycles. The van der Waals surface area contributed by atoms with E-state index < -0.39 is 82.0 Å². The van der Waals surface area contributed by atoms with E-state index in [1.54, 1.807) is 12.1 Å². The van der Waals surface area contributed by atoms with E-state index in [9.17, 15) is 35.9 Å². The van der Waals surface area contributed by atoms with Gasteiger partial charge in [-0.2, -0.15) is 27.4 Å². The molecule has 1 aliphatic carbocycles. The second-order valence-corrected chi connectivity index (χ2v) is 16.1. The molecule has 6 rings (SSSR count). The molecule has 0 spiro atoms. The van der Waals surface area contributed by atoms with Crippen molar-refractivity contribution in [1.29, 1.82) is 0 Å². The van der Waals surface area contributed by atoms with E-state index in [1.807, 2.05) is 0 Å². The highest BCUT2D eigenvalue weighted by Gasteiger charge is 2.50. The minimum Gasteiger partial charge on any atom is -0.378 e. The molecule has 2 atom stereocenters. The minimum absolute atomic E-state index is 0.00987. The van der Waals surface area contributed by atoms with Gasteiger partial charge in [-0.15, -0.1) is 0 Å². The van der Waals surface area contributed by atoms with Crippen molar-refractivity contribution < 1.29 is 44.7 Å². The van der Waals surface area contributed by atoms with E-state index in [0.717, 1.165) is 12.1 Å². The van der Waals surface area contributed by atoms with Crippen molar-refractivity contribution in [2.75, 3.05) is 11.8 Å². The molecule has 3 heterocycles. The van der Waals surface area contributed by atoms with E-state index in [1.165, 1.54) is 51.7 Å². The third kappa shape index (κ3) is 8.73. The topological polar surface area (TPSA) is 156 Å². The summed E-state index contributed by atoms with van der Waals surface area (Å²) in [5.74, 6) is -2.18. The molecular weight excluding hydrogens is 802 g/mol. The van der Waals surface area contributed by atoms with Crippen LogP contribution in [0.2, 0.25) is 5.02 Å². The lowest BCUT2D eigenvalue weighted by Gasteiger charge is -2.23. The number of anilines is 1. The van der Waals surface area contributed by atoms with E-state index in [-0.39, 0.29) is 56.2 Å². The van der Waals surface area contributed by atoms with Crippen LogP contribution in [0.1, 0.15) is 79.5 Å². The average molecular weight is 837 g/mol. The fourth-order valence-corrected chi connectivity index (χ4v) is 7.62. The summed E-state index contributed by atoms with van der Waals surface area (Å²) < 4.78 is 119. The minimum atomic E-state index is -4.08. The second kappa shape index (κ2) is 15.3. The zero-order valence-corrected chi connectivity index (χ0v) is 32.4. The maximum Gasteiger partial charge on any atom is 0.300 e. The van der Waals surface area contributed by atoms with Crippen LogP contribution in [-0.2, 0) is 40.9 Å². The summed E-state index contributed by atoms with van der Waals surface area (Å²) in [5, 5.41) is 21.3. The lowest BCUT2D eigenvalue weighted by molar-refractivity contribution is -0.122. The highest BCUT2D eigenvalue weighted by atomic mass is 35.5. The van der Waals surface area contributed by atoms with Gasteiger partial charge in [-0.1, -0.05) is 30.5 Å². The molecule has 1 aliphatic rings. The Morgan fingerprint density at radius 3 is 2.39 bits per heavy atom. The summed E-state index contributed by atoms with van der Waals surface area (Å²) in [4.78, 5) is 18.6. The second-order valence-electron chi connectivity index (χ2n) is 14.1. The first-order valence-corrected chi connectivity index (χ1v) is 19.1. The molecule has 0 unspecified atom stereocenters. The molecule has 57 heavy (non-hydrogen) atoms. The molecule has 4 N–H and O–H groups in total. The number of nitrogens with one attached hydrogen (secondary N) is 3. The molecule has 20 heteroatoms.